The van der Waals surface area contributed by atoms with Gasteiger partial charge < -0.3 is 24.6 Å². The summed E-state index contributed by atoms with van der Waals surface area (Å²) in [7, 11) is 0. The highest BCUT2D eigenvalue weighted by atomic mass is 16.6. The normalized spacial score (nSPS) is 20.2. The van der Waals surface area contributed by atoms with E-state index in [-0.39, 0.29) is 18.2 Å². The molecule has 1 aromatic carbocycles. The first-order valence-electron chi connectivity index (χ1n) is 15.8. The Kier molecular flexibility index (Phi) is 14.4. The fraction of sp³-hybridized carbons (Fsp3) is 0.758. The van der Waals surface area contributed by atoms with Gasteiger partial charge in [0, 0.05) is 57.9 Å². The lowest BCUT2D eigenvalue weighted by atomic mass is 10.0. The Morgan fingerprint density at radius 1 is 0.805 bits per heavy atom. The van der Waals surface area contributed by atoms with Crippen molar-refractivity contribution in [3.05, 3.63) is 35.9 Å². The highest BCUT2D eigenvalue weighted by Crippen LogP contribution is 2.21. The van der Waals surface area contributed by atoms with Crippen molar-refractivity contribution >= 4 is 12.2 Å². The molecule has 2 heterocycles. The van der Waals surface area contributed by atoms with Crippen LogP contribution in [0.1, 0.15) is 99.5 Å². The van der Waals surface area contributed by atoms with Crippen molar-refractivity contribution in [3.63, 3.8) is 0 Å². The van der Waals surface area contributed by atoms with Gasteiger partial charge in [0.15, 0.2) is 0 Å². The molecule has 0 aliphatic carbocycles. The zero-order valence-corrected chi connectivity index (χ0v) is 27.2. The van der Waals surface area contributed by atoms with Crippen LogP contribution in [0.5, 0.6) is 0 Å². The maximum atomic E-state index is 12.5. The maximum Gasteiger partial charge on any atom is 0.410 e. The van der Waals surface area contributed by atoms with Gasteiger partial charge in [-0.25, -0.2) is 9.59 Å². The number of benzene rings is 1. The smallest absolute Gasteiger partial charge is 0.410 e. The Morgan fingerprint density at radius 3 is 1.88 bits per heavy atom. The number of ether oxygens (including phenoxy) is 2. The molecule has 0 unspecified atom stereocenters. The summed E-state index contributed by atoms with van der Waals surface area (Å²) < 4.78 is 11.1. The zero-order chi connectivity index (χ0) is 30.5. The summed E-state index contributed by atoms with van der Waals surface area (Å²) in [4.78, 5) is 30.9. The Labute approximate surface area is 250 Å². The lowest BCUT2D eigenvalue weighted by Gasteiger charge is -2.42. The summed E-state index contributed by atoms with van der Waals surface area (Å²) in [6.07, 6.45) is 6.39. The lowest BCUT2D eigenvalue weighted by Crippen LogP contribution is -2.55. The van der Waals surface area contributed by atoms with Crippen molar-refractivity contribution in [2.75, 3.05) is 39.3 Å². The number of rotatable bonds is 8. The van der Waals surface area contributed by atoms with Crippen molar-refractivity contribution in [3.8, 4) is 0 Å². The number of hydrogen-bond donors (Lipinski definition) is 1. The van der Waals surface area contributed by atoms with Gasteiger partial charge in [-0.15, -0.1) is 0 Å². The van der Waals surface area contributed by atoms with Crippen LogP contribution in [0.25, 0.3) is 0 Å². The van der Waals surface area contributed by atoms with Crippen LogP contribution >= 0.6 is 0 Å². The molecule has 1 aromatic rings. The van der Waals surface area contributed by atoms with Gasteiger partial charge >= 0.3 is 12.2 Å². The van der Waals surface area contributed by atoms with Gasteiger partial charge in [-0.1, -0.05) is 69.9 Å². The van der Waals surface area contributed by atoms with Gasteiger partial charge in [-0.05, 0) is 59.9 Å². The molecule has 0 aromatic heterocycles. The zero-order valence-electron chi connectivity index (χ0n) is 27.2. The van der Waals surface area contributed by atoms with Gasteiger partial charge in [0.05, 0.1) is 0 Å². The number of nitrogens with zero attached hydrogens (tertiary/aromatic N) is 3. The monoisotopic (exact) mass is 574 g/mol. The molecule has 2 atom stereocenters. The molecule has 234 valence electrons. The molecule has 1 N–H and O–H groups in total. The van der Waals surface area contributed by atoms with Crippen molar-refractivity contribution < 1.29 is 19.1 Å². The van der Waals surface area contributed by atoms with E-state index in [1.165, 1.54) is 12.0 Å². The predicted octanol–water partition coefficient (Wildman–Crippen LogP) is 6.68. The molecule has 2 fully saturated rings. The second kappa shape index (κ2) is 17.0. The fourth-order valence-electron chi connectivity index (χ4n) is 5.17. The standard InChI is InChI=1S/C20H32N2O2.C13H26N2O2/c1-5-6-12-18-16-21(15-17-10-8-7-9-11-17)13-14-22(18)19(23)24-20(2,3)4;1-5-6-7-11-10-14-8-9-15(11)12(16)17-13(2,3)4/h7-11,18H,5-6,12-16H2,1-4H3;11,14H,5-10H2,1-4H3/t18-;11-/m00/s1. The Hall–Kier alpha value is -2.32. The number of hydrogen-bond acceptors (Lipinski definition) is 6. The fourth-order valence-corrected chi connectivity index (χ4v) is 5.17. The van der Waals surface area contributed by atoms with Gasteiger partial charge in [-0.3, -0.25) is 4.90 Å². The van der Waals surface area contributed by atoms with Crippen LogP contribution in [0.15, 0.2) is 30.3 Å². The molecule has 2 saturated heterocycles. The van der Waals surface area contributed by atoms with Crippen molar-refractivity contribution in [1.29, 1.82) is 0 Å². The number of carbonyl (C=O) groups is 2. The highest BCUT2D eigenvalue weighted by molar-refractivity contribution is 5.69. The summed E-state index contributed by atoms with van der Waals surface area (Å²) in [6, 6.07) is 11.1. The van der Waals surface area contributed by atoms with Gasteiger partial charge in [-0.2, -0.15) is 0 Å². The Morgan fingerprint density at radius 2 is 1.34 bits per heavy atom. The van der Waals surface area contributed by atoms with Crippen LogP contribution in [0.4, 0.5) is 9.59 Å². The first-order chi connectivity index (χ1) is 19.3. The first kappa shape index (κ1) is 34.9. The summed E-state index contributed by atoms with van der Waals surface area (Å²) in [5, 5.41) is 3.34. The van der Waals surface area contributed by atoms with Crippen LogP contribution in [0.3, 0.4) is 0 Å². The van der Waals surface area contributed by atoms with Gasteiger partial charge in [0.25, 0.3) is 0 Å². The minimum Gasteiger partial charge on any atom is -0.444 e. The first-order valence-corrected chi connectivity index (χ1v) is 15.8. The Bertz CT molecular complexity index is 897. The SMILES string of the molecule is CCCC[C@H]1CN(Cc2ccccc2)CCN1C(=O)OC(C)(C)C.CCCC[C@H]1CNCCN1C(=O)OC(C)(C)C. The van der Waals surface area contributed by atoms with E-state index < -0.39 is 11.2 Å². The molecular weight excluding hydrogens is 516 g/mol. The third kappa shape index (κ3) is 13.5. The van der Waals surface area contributed by atoms with Gasteiger partial charge in [0.2, 0.25) is 0 Å². The van der Waals surface area contributed by atoms with Crippen molar-refractivity contribution in [2.24, 2.45) is 0 Å². The van der Waals surface area contributed by atoms with Crippen LogP contribution < -0.4 is 5.32 Å². The minimum atomic E-state index is -0.437. The number of nitrogens with one attached hydrogen (secondary N) is 1. The molecule has 2 amide bonds. The van der Waals surface area contributed by atoms with Gasteiger partial charge in [0.1, 0.15) is 11.2 Å². The number of amides is 2. The molecule has 8 heteroatoms. The number of carbonyl (C=O) groups excluding carboxylic acids is 2. The van der Waals surface area contributed by atoms with E-state index in [1.54, 1.807) is 0 Å². The third-order valence-corrected chi connectivity index (χ3v) is 7.20. The molecule has 2 aliphatic rings. The average Bonchev–Trinajstić information content (AvgIpc) is 2.90. The van der Waals surface area contributed by atoms with E-state index in [2.05, 4.69) is 48.3 Å². The predicted molar refractivity (Wildman–Crippen MR) is 167 cm³/mol. The molecule has 0 saturated carbocycles. The topological polar surface area (TPSA) is 74.4 Å². The van der Waals surface area contributed by atoms with E-state index >= 15 is 0 Å². The molecular formula is C33H58N4O4. The number of piperazine rings is 2. The minimum absolute atomic E-state index is 0.164. The molecule has 8 nitrogen and oxygen atoms in total. The van der Waals surface area contributed by atoms with Crippen LogP contribution in [-0.4, -0.2) is 89.4 Å². The average molecular weight is 575 g/mol. The van der Waals surface area contributed by atoms with Crippen LogP contribution in [0, 0.1) is 0 Å². The third-order valence-electron chi connectivity index (χ3n) is 7.20. The summed E-state index contributed by atoms with van der Waals surface area (Å²) in [5.74, 6) is 0. The summed E-state index contributed by atoms with van der Waals surface area (Å²) in [5.41, 5.74) is 0.489. The molecule has 3 rings (SSSR count). The highest BCUT2D eigenvalue weighted by Gasteiger charge is 2.33. The van der Waals surface area contributed by atoms with E-state index in [0.717, 1.165) is 77.9 Å². The van der Waals surface area contributed by atoms with Crippen LogP contribution in [-0.2, 0) is 16.0 Å². The molecule has 0 bridgehead atoms. The van der Waals surface area contributed by atoms with Crippen LogP contribution in [0.2, 0.25) is 0 Å². The molecule has 0 radical (unpaired) electrons. The largest absolute Gasteiger partial charge is 0.444 e. The van der Waals surface area contributed by atoms with Crippen molar-refractivity contribution in [1.82, 2.24) is 20.0 Å². The summed E-state index contributed by atoms with van der Waals surface area (Å²) in [6.45, 7) is 21.9. The van der Waals surface area contributed by atoms with Crippen molar-refractivity contribution in [2.45, 2.75) is 124 Å². The Balaban J connectivity index is 0.000000305. The van der Waals surface area contributed by atoms with E-state index in [9.17, 15) is 9.59 Å². The van der Waals surface area contributed by atoms with E-state index in [1.807, 2.05) is 57.4 Å². The second-order valence-corrected chi connectivity index (χ2v) is 13.4. The lowest BCUT2D eigenvalue weighted by molar-refractivity contribution is -0.00415. The van der Waals surface area contributed by atoms with E-state index in [0.29, 0.717) is 6.04 Å². The number of unbranched alkanes of at least 4 members (excludes halogenated alkanes) is 2. The molecule has 2 aliphatic heterocycles. The maximum absolute atomic E-state index is 12.5. The van der Waals surface area contributed by atoms with E-state index in [4.69, 9.17) is 9.47 Å². The molecule has 41 heavy (non-hydrogen) atoms. The summed E-state index contributed by atoms with van der Waals surface area (Å²) >= 11 is 0. The molecule has 0 spiro atoms. The second-order valence-electron chi connectivity index (χ2n) is 13.4. The quantitative estimate of drug-likeness (QED) is 0.373.